The summed E-state index contributed by atoms with van der Waals surface area (Å²) in [7, 11) is 0. The molecule has 2 nitrogen and oxygen atoms in total. The van der Waals surface area contributed by atoms with E-state index in [1.54, 1.807) is 0 Å². The molecular formula is C14H18O2S. The number of benzene rings is 1. The van der Waals surface area contributed by atoms with E-state index in [2.05, 4.69) is 18.7 Å². The summed E-state index contributed by atoms with van der Waals surface area (Å²) < 4.78 is 0. The number of carboxylic acid groups (broad SMARTS) is 1. The Labute approximate surface area is 107 Å². The first-order valence-corrected chi connectivity index (χ1v) is 6.77. The molecule has 0 aliphatic carbocycles. The van der Waals surface area contributed by atoms with Gasteiger partial charge in [-0.2, -0.15) is 0 Å². The second-order valence-electron chi connectivity index (χ2n) is 3.88. The van der Waals surface area contributed by atoms with Crippen LogP contribution in [0.1, 0.15) is 25.7 Å². The molecular weight excluding hydrogens is 232 g/mol. The number of hydrogen-bond acceptors (Lipinski definition) is 2. The van der Waals surface area contributed by atoms with Crippen LogP contribution in [0.15, 0.2) is 47.4 Å². The van der Waals surface area contributed by atoms with Crippen molar-refractivity contribution < 1.29 is 9.90 Å². The molecule has 0 aromatic heterocycles. The number of carbonyl (C=O) groups is 1. The molecule has 0 aliphatic rings. The van der Waals surface area contributed by atoms with Crippen LogP contribution in [-0.4, -0.2) is 16.8 Å². The second-order valence-corrected chi connectivity index (χ2v) is 5.05. The van der Waals surface area contributed by atoms with E-state index in [9.17, 15) is 4.79 Å². The Morgan fingerprint density at radius 2 is 1.88 bits per heavy atom. The van der Waals surface area contributed by atoms with Crippen LogP contribution in [0.2, 0.25) is 0 Å². The fraction of sp³-hybridized carbons (Fsp3) is 0.357. The van der Waals surface area contributed by atoms with Crippen molar-refractivity contribution in [2.24, 2.45) is 0 Å². The first-order chi connectivity index (χ1) is 8.20. The highest BCUT2D eigenvalue weighted by Crippen LogP contribution is 2.19. The van der Waals surface area contributed by atoms with Crippen molar-refractivity contribution in [2.45, 2.75) is 30.6 Å². The molecule has 0 spiro atoms. The molecule has 0 saturated carbocycles. The van der Waals surface area contributed by atoms with E-state index in [1.165, 1.54) is 4.90 Å². The fourth-order valence-electron chi connectivity index (χ4n) is 1.43. The smallest absolute Gasteiger partial charge is 0.330 e. The fourth-order valence-corrected chi connectivity index (χ4v) is 2.36. The highest BCUT2D eigenvalue weighted by molar-refractivity contribution is 7.99. The summed E-state index contributed by atoms with van der Waals surface area (Å²) >= 11 is 1.85. The average molecular weight is 250 g/mol. The minimum atomic E-state index is -0.872. The summed E-state index contributed by atoms with van der Waals surface area (Å²) in [6.45, 7) is 3.51. The lowest BCUT2D eigenvalue weighted by Crippen LogP contribution is -1.98. The summed E-state index contributed by atoms with van der Waals surface area (Å²) in [6, 6.07) is 10.3. The quantitative estimate of drug-likeness (QED) is 0.431. The largest absolute Gasteiger partial charge is 0.478 e. The monoisotopic (exact) mass is 250 g/mol. The van der Waals surface area contributed by atoms with Gasteiger partial charge >= 0.3 is 5.97 Å². The Kier molecular flexibility index (Phi) is 6.48. The summed E-state index contributed by atoms with van der Waals surface area (Å²) in [5.41, 5.74) is 0.320. The third-order valence-electron chi connectivity index (χ3n) is 2.44. The zero-order valence-electron chi connectivity index (χ0n) is 9.89. The van der Waals surface area contributed by atoms with Crippen LogP contribution in [0.25, 0.3) is 0 Å². The Hall–Kier alpha value is -1.22. The Morgan fingerprint density at radius 3 is 2.53 bits per heavy atom. The van der Waals surface area contributed by atoms with Crippen LogP contribution >= 0.6 is 11.8 Å². The third-order valence-corrected chi connectivity index (χ3v) is 3.54. The van der Waals surface area contributed by atoms with Crippen LogP contribution < -0.4 is 0 Å². The van der Waals surface area contributed by atoms with Crippen molar-refractivity contribution in [1.82, 2.24) is 0 Å². The molecule has 0 radical (unpaired) electrons. The predicted molar refractivity (Wildman–Crippen MR) is 72.4 cm³/mol. The topological polar surface area (TPSA) is 37.3 Å². The number of aliphatic carboxylic acids is 1. The third kappa shape index (κ3) is 6.17. The molecule has 0 saturated heterocycles. The van der Waals surface area contributed by atoms with Crippen molar-refractivity contribution in [3.05, 3.63) is 42.5 Å². The van der Waals surface area contributed by atoms with Crippen molar-refractivity contribution in [2.75, 3.05) is 5.75 Å². The van der Waals surface area contributed by atoms with Gasteiger partial charge in [0.15, 0.2) is 0 Å². The van der Waals surface area contributed by atoms with Gasteiger partial charge in [0.1, 0.15) is 0 Å². The predicted octanol–water partition coefficient (Wildman–Crippen LogP) is 3.98. The molecule has 92 valence electrons. The van der Waals surface area contributed by atoms with E-state index in [1.807, 2.05) is 30.0 Å². The molecule has 1 rings (SSSR count). The number of rotatable bonds is 8. The van der Waals surface area contributed by atoms with Crippen molar-refractivity contribution in [3.63, 3.8) is 0 Å². The van der Waals surface area contributed by atoms with Gasteiger partial charge < -0.3 is 5.11 Å². The van der Waals surface area contributed by atoms with Gasteiger partial charge in [-0.15, -0.1) is 11.8 Å². The van der Waals surface area contributed by atoms with E-state index in [0.29, 0.717) is 12.0 Å². The second kappa shape index (κ2) is 7.96. The average Bonchev–Trinajstić information content (AvgIpc) is 2.34. The number of unbranched alkanes of at least 4 members (excludes halogenated alkanes) is 2. The molecule has 0 aliphatic heterocycles. The lowest BCUT2D eigenvalue weighted by atomic mass is 10.1. The van der Waals surface area contributed by atoms with E-state index in [-0.39, 0.29) is 0 Å². The van der Waals surface area contributed by atoms with Gasteiger partial charge in [-0.1, -0.05) is 31.2 Å². The molecule has 1 N–H and O–H groups in total. The van der Waals surface area contributed by atoms with E-state index in [0.717, 1.165) is 25.0 Å². The molecule has 3 heteroatoms. The van der Waals surface area contributed by atoms with Crippen molar-refractivity contribution >= 4 is 17.7 Å². The minimum Gasteiger partial charge on any atom is -0.478 e. The maximum atomic E-state index is 10.5. The Morgan fingerprint density at radius 1 is 1.18 bits per heavy atom. The molecule has 0 unspecified atom stereocenters. The van der Waals surface area contributed by atoms with Crippen molar-refractivity contribution in [3.8, 4) is 0 Å². The van der Waals surface area contributed by atoms with E-state index < -0.39 is 5.97 Å². The highest BCUT2D eigenvalue weighted by atomic mass is 32.2. The molecule has 0 bridgehead atoms. The van der Waals surface area contributed by atoms with Crippen molar-refractivity contribution in [1.29, 1.82) is 0 Å². The van der Waals surface area contributed by atoms with Gasteiger partial charge in [0, 0.05) is 10.5 Å². The molecule has 1 aromatic rings. The van der Waals surface area contributed by atoms with Gasteiger partial charge in [0.2, 0.25) is 0 Å². The lowest BCUT2D eigenvalue weighted by molar-refractivity contribution is -0.132. The van der Waals surface area contributed by atoms with Crippen LogP contribution in [0.4, 0.5) is 0 Å². The first kappa shape index (κ1) is 13.8. The SMILES string of the molecule is C=C(CCCCCSc1ccccc1)C(=O)O. The molecule has 0 atom stereocenters. The summed E-state index contributed by atoms with van der Waals surface area (Å²) in [4.78, 5) is 11.8. The van der Waals surface area contributed by atoms with Gasteiger partial charge in [-0.25, -0.2) is 4.79 Å². The lowest BCUT2D eigenvalue weighted by Gasteiger charge is -2.02. The molecule has 1 aromatic carbocycles. The highest BCUT2D eigenvalue weighted by Gasteiger charge is 2.02. The number of hydrogen-bond donors (Lipinski definition) is 1. The normalized spacial score (nSPS) is 10.1. The number of carboxylic acids is 1. The van der Waals surface area contributed by atoms with Crippen LogP contribution in [0.3, 0.4) is 0 Å². The van der Waals surface area contributed by atoms with Gasteiger partial charge in [0.25, 0.3) is 0 Å². The first-order valence-electron chi connectivity index (χ1n) is 5.79. The summed E-state index contributed by atoms with van der Waals surface area (Å²) in [5, 5.41) is 8.63. The molecule has 17 heavy (non-hydrogen) atoms. The Bertz CT molecular complexity index is 360. The Balaban J connectivity index is 2.02. The zero-order valence-corrected chi connectivity index (χ0v) is 10.7. The van der Waals surface area contributed by atoms with E-state index in [4.69, 9.17) is 5.11 Å². The van der Waals surface area contributed by atoms with Gasteiger partial charge in [0.05, 0.1) is 0 Å². The summed E-state index contributed by atoms with van der Waals surface area (Å²) in [6.07, 6.45) is 3.70. The van der Waals surface area contributed by atoms with Gasteiger partial charge in [-0.05, 0) is 37.1 Å². The van der Waals surface area contributed by atoms with Gasteiger partial charge in [-0.3, -0.25) is 0 Å². The van der Waals surface area contributed by atoms with E-state index >= 15 is 0 Å². The maximum Gasteiger partial charge on any atom is 0.330 e. The zero-order chi connectivity index (χ0) is 12.5. The standard InChI is InChI=1S/C14H18O2S/c1-12(14(15)16)8-4-3-7-11-17-13-9-5-2-6-10-13/h2,5-6,9-10H,1,3-4,7-8,11H2,(H,15,16). The molecule has 0 fully saturated rings. The van der Waals surface area contributed by atoms with Crippen LogP contribution in [0, 0.1) is 0 Å². The number of thioether (sulfide) groups is 1. The minimum absolute atomic E-state index is 0.320. The molecule has 0 heterocycles. The maximum absolute atomic E-state index is 10.5. The van der Waals surface area contributed by atoms with Crippen LogP contribution in [-0.2, 0) is 4.79 Å². The summed E-state index contributed by atoms with van der Waals surface area (Å²) in [5.74, 6) is 0.215. The molecule has 0 amide bonds. The van der Waals surface area contributed by atoms with Crippen LogP contribution in [0.5, 0.6) is 0 Å².